The smallest absolute Gasteiger partial charge is 0.266 e. The largest absolute Gasteiger partial charge is 0.326 e. The van der Waals surface area contributed by atoms with Gasteiger partial charge in [0.25, 0.3) is 10.0 Å². The van der Waals surface area contributed by atoms with Gasteiger partial charge < -0.3 is 5.73 Å². The van der Waals surface area contributed by atoms with Gasteiger partial charge in [-0.25, -0.2) is 8.42 Å². The zero-order valence-electron chi connectivity index (χ0n) is 11.8. The first-order valence-electron chi connectivity index (χ1n) is 6.47. The van der Waals surface area contributed by atoms with Gasteiger partial charge in [0.05, 0.1) is 9.47 Å². The summed E-state index contributed by atoms with van der Waals surface area (Å²) in [5.41, 5.74) is 7.29. The van der Waals surface area contributed by atoms with Crippen molar-refractivity contribution in [3.05, 3.63) is 44.6 Å². The first-order chi connectivity index (χ1) is 9.90. The number of anilines is 1. The summed E-state index contributed by atoms with van der Waals surface area (Å²) >= 11 is 4.69. The first kappa shape index (κ1) is 16.5. The lowest BCUT2D eigenvalue weighted by molar-refractivity contribution is 0.592. The lowest BCUT2D eigenvalue weighted by Crippen LogP contribution is -2.30. The Bertz CT molecular complexity index is 741. The molecule has 0 saturated heterocycles. The SMILES string of the molecule is CCN(c1cccc(C)c1)S(=O)(=O)c1cc(CN)sc1Br. The second kappa shape index (κ2) is 6.48. The molecule has 1 heterocycles. The molecule has 1 aromatic carbocycles. The van der Waals surface area contributed by atoms with Crippen LogP contribution in [0.4, 0.5) is 5.69 Å². The summed E-state index contributed by atoms with van der Waals surface area (Å²) in [4.78, 5) is 1.11. The lowest BCUT2D eigenvalue weighted by Gasteiger charge is -2.23. The van der Waals surface area contributed by atoms with Crippen molar-refractivity contribution in [3.8, 4) is 0 Å². The van der Waals surface area contributed by atoms with E-state index in [1.165, 1.54) is 15.6 Å². The highest BCUT2D eigenvalue weighted by Crippen LogP contribution is 2.35. The molecule has 0 aliphatic heterocycles. The second-order valence-corrected chi connectivity index (χ2v) is 8.85. The average molecular weight is 389 g/mol. The van der Waals surface area contributed by atoms with E-state index in [2.05, 4.69) is 15.9 Å². The molecule has 7 heteroatoms. The number of rotatable bonds is 5. The second-order valence-electron chi connectivity index (χ2n) is 4.56. The van der Waals surface area contributed by atoms with Crippen LogP contribution >= 0.6 is 27.3 Å². The van der Waals surface area contributed by atoms with E-state index in [0.717, 1.165) is 10.4 Å². The molecule has 1 aromatic heterocycles. The molecule has 0 aliphatic carbocycles. The number of hydrogen-bond acceptors (Lipinski definition) is 4. The maximum absolute atomic E-state index is 12.9. The normalized spacial score (nSPS) is 11.6. The standard InChI is InChI=1S/C14H17BrN2O2S2/c1-3-17(11-6-4-5-10(2)7-11)21(18,19)13-8-12(9-16)20-14(13)15/h4-8H,3,9,16H2,1-2H3. The summed E-state index contributed by atoms with van der Waals surface area (Å²) in [6.45, 7) is 4.46. The van der Waals surface area contributed by atoms with Crippen LogP contribution in [0.1, 0.15) is 17.4 Å². The van der Waals surface area contributed by atoms with Crippen LogP contribution < -0.4 is 10.0 Å². The molecule has 2 N–H and O–H groups in total. The number of halogens is 1. The average Bonchev–Trinajstić information content (AvgIpc) is 2.81. The minimum Gasteiger partial charge on any atom is -0.326 e. The van der Waals surface area contributed by atoms with E-state index in [1.807, 2.05) is 32.0 Å². The highest BCUT2D eigenvalue weighted by molar-refractivity contribution is 9.11. The Morgan fingerprint density at radius 1 is 1.33 bits per heavy atom. The molecule has 0 amide bonds. The number of nitrogens with zero attached hydrogens (tertiary/aromatic N) is 1. The molecule has 2 rings (SSSR count). The van der Waals surface area contributed by atoms with Gasteiger partial charge in [0, 0.05) is 18.0 Å². The molecule has 21 heavy (non-hydrogen) atoms. The van der Waals surface area contributed by atoms with E-state index in [1.54, 1.807) is 12.1 Å². The zero-order chi connectivity index (χ0) is 15.6. The molecule has 0 unspecified atom stereocenters. The monoisotopic (exact) mass is 388 g/mol. The van der Waals surface area contributed by atoms with Crippen molar-refractivity contribution in [2.75, 3.05) is 10.8 Å². The van der Waals surface area contributed by atoms with Crippen molar-refractivity contribution in [1.82, 2.24) is 0 Å². The highest BCUT2D eigenvalue weighted by atomic mass is 79.9. The fourth-order valence-corrected chi connectivity index (χ4v) is 6.05. The molecule has 0 radical (unpaired) electrons. The lowest BCUT2D eigenvalue weighted by atomic mass is 10.2. The van der Waals surface area contributed by atoms with Crippen molar-refractivity contribution in [2.24, 2.45) is 5.73 Å². The number of benzene rings is 1. The molecule has 2 aromatic rings. The summed E-state index contributed by atoms with van der Waals surface area (Å²) in [5, 5.41) is 0. The Morgan fingerprint density at radius 2 is 2.05 bits per heavy atom. The molecule has 0 spiro atoms. The van der Waals surface area contributed by atoms with Gasteiger partial charge in [0.15, 0.2) is 0 Å². The summed E-state index contributed by atoms with van der Waals surface area (Å²) < 4.78 is 27.8. The summed E-state index contributed by atoms with van der Waals surface area (Å²) in [5.74, 6) is 0. The van der Waals surface area contributed by atoms with Crippen molar-refractivity contribution in [2.45, 2.75) is 25.3 Å². The number of hydrogen-bond donors (Lipinski definition) is 1. The van der Waals surface area contributed by atoms with Gasteiger partial charge in [0.1, 0.15) is 4.90 Å². The van der Waals surface area contributed by atoms with Crippen molar-refractivity contribution >= 4 is 43.0 Å². The molecular weight excluding hydrogens is 372 g/mol. The van der Waals surface area contributed by atoms with Gasteiger partial charge in [-0.1, -0.05) is 12.1 Å². The molecule has 114 valence electrons. The van der Waals surface area contributed by atoms with Crippen LogP contribution in [0, 0.1) is 6.92 Å². The van der Waals surface area contributed by atoms with E-state index < -0.39 is 10.0 Å². The fourth-order valence-electron chi connectivity index (χ4n) is 2.07. The maximum Gasteiger partial charge on any atom is 0.266 e. The predicted octanol–water partition coefficient (Wildman–Crippen LogP) is 3.49. The van der Waals surface area contributed by atoms with Crippen LogP contribution in [0.15, 0.2) is 39.0 Å². The molecule has 4 nitrogen and oxygen atoms in total. The highest BCUT2D eigenvalue weighted by Gasteiger charge is 2.27. The zero-order valence-corrected chi connectivity index (χ0v) is 15.1. The Morgan fingerprint density at radius 3 is 2.57 bits per heavy atom. The van der Waals surface area contributed by atoms with Crippen molar-refractivity contribution in [1.29, 1.82) is 0 Å². The van der Waals surface area contributed by atoms with E-state index >= 15 is 0 Å². The van der Waals surface area contributed by atoms with Crippen LogP contribution in [-0.2, 0) is 16.6 Å². The van der Waals surface area contributed by atoms with Gasteiger partial charge in [-0.15, -0.1) is 11.3 Å². The molecule has 0 saturated carbocycles. The molecular formula is C14H17BrN2O2S2. The predicted molar refractivity (Wildman–Crippen MR) is 91.3 cm³/mol. The molecule has 0 fully saturated rings. The van der Waals surface area contributed by atoms with Gasteiger partial charge in [-0.3, -0.25) is 4.31 Å². The topological polar surface area (TPSA) is 63.4 Å². The summed E-state index contributed by atoms with van der Waals surface area (Å²) in [7, 11) is -3.60. The van der Waals surface area contributed by atoms with Crippen LogP contribution in [-0.4, -0.2) is 15.0 Å². The Hall–Kier alpha value is -0.890. The third kappa shape index (κ3) is 3.31. The molecule has 0 bridgehead atoms. The van der Waals surface area contributed by atoms with Crippen molar-refractivity contribution < 1.29 is 8.42 Å². The minimum atomic E-state index is -3.60. The molecule has 0 atom stereocenters. The Balaban J connectivity index is 2.51. The number of aryl methyl sites for hydroxylation is 1. The van der Waals surface area contributed by atoms with Gasteiger partial charge in [-0.05, 0) is 53.5 Å². The Kier molecular flexibility index (Phi) is 5.08. The van der Waals surface area contributed by atoms with E-state index in [9.17, 15) is 8.42 Å². The third-order valence-corrected chi connectivity index (χ3v) is 7.23. The number of sulfonamides is 1. The van der Waals surface area contributed by atoms with Gasteiger partial charge in [-0.2, -0.15) is 0 Å². The van der Waals surface area contributed by atoms with Crippen molar-refractivity contribution in [3.63, 3.8) is 0 Å². The quantitative estimate of drug-likeness (QED) is 0.852. The Labute approximate surface area is 137 Å². The van der Waals surface area contributed by atoms with Crippen LogP contribution in [0.2, 0.25) is 0 Å². The summed E-state index contributed by atoms with van der Waals surface area (Å²) in [6.07, 6.45) is 0. The number of nitrogens with two attached hydrogens (primary N) is 1. The maximum atomic E-state index is 12.9. The fraction of sp³-hybridized carbons (Fsp3) is 0.286. The van der Waals surface area contributed by atoms with Gasteiger partial charge >= 0.3 is 0 Å². The van der Waals surface area contributed by atoms with Crippen LogP contribution in [0.25, 0.3) is 0 Å². The van der Waals surface area contributed by atoms with E-state index in [0.29, 0.717) is 22.6 Å². The number of thiophene rings is 1. The third-order valence-electron chi connectivity index (χ3n) is 3.05. The minimum absolute atomic E-state index is 0.274. The van der Waals surface area contributed by atoms with Gasteiger partial charge in [0.2, 0.25) is 0 Å². The van der Waals surface area contributed by atoms with Crippen LogP contribution in [0.5, 0.6) is 0 Å². The first-order valence-corrected chi connectivity index (χ1v) is 9.52. The summed E-state index contributed by atoms with van der Waals surface area (Å²) in [6, 6.07) is 9.11. The van der Waals surface area contributed by atoms with E-state index in [-0.39, 0.29) is 4.90 Å². The van der Waals surface area contributed by atoms with E-state index in [4.69, 9.17) is 5.73 Å². The van der Waals surface area contributed by atoms with Crippen LogP contribution in [0.3, 0.4) is 0 Å². The molecule has 0 aliphatic rings.